The molecule has 0 aromatic rings. The summed E-state index contributed by atoms with van der Waals surface area (Å²) < 4.78 is 0. The number of rotatable bonds is 0. The van der Waals surface area contributed by atoms with Crippen molar-refractivity contribution in [3.63, 3.8) is 0 Å². The molecule has 4 heteroatoms. The SMILES string of the molecule is C[CH2][Zn].NC(O)=S. The van der Waals surface area contributed by atoms with Gasteiger partial charge < -0.3 is 10.8 Å². The zero-order valence-corrected chi connectivity index (χ0v) is 8.13. The van der Waals surface area contributed by atoms with Gasteiger partial charge in [-0.15, -0.1) is 0 Å². The Morgan fingerprint density at radius 2 is 2.00 bits per heavy atom. The van der Waals surface area contributed by atoms with Crippen LogP contribution in [0.3, 0.4) is 0 Å². The fourth-order valence-corrected chi connectivity index (χ4v) is 0. The normalized spacial score (nSPS) is 6.14. The number of nitrogens with two attached hydrogens (primary N) is 1. The van der Waals surface area contributed by atoms with Gasteiger partial charge in [0.25, 0.3) is 5.17 Å². The fourth-order valence-electron chi connectivity index (χ4n) is 0. The van der Waals surface area contributed by atoms with E-state index in [2.05, 4.69) is 24.9 Å². The van der Waals surface area contributed by atoms with Crippen LogP contribution in [-0.4, -0.2) is 10.3 Å². The van der Waals surface area contributed by atoms with Crippen molar-refractivity contribution in [3.05, 3.63) is 0 Å². The summed E-state index contributed by atoms with van der Waals surface area (Å²) in [6.45, 7) is 2.18. The van der Waals surface area contributed by atoms with Gasteiger partial charge in [0.05, 0.1) is 0 Å². The van der Waals surface area contributed by atoms with Crippen molar-refractivity contribution >= 4 is 17.4 Å². The Balaban J connectivity index is 0. The molecule has 0 aliphatic heterocycles. The monoisotopic (exact) mass is 170 g/mol. The van der Waals surface area contributed by atoms with E-state index in [4.69, 9.17) is 5.11 Å². The van der Waals surface area contributed by atoms with E-state index in [-0.39, 0.29) is 0 Å². The van der Waals surface area contributed by atoms with Crippen LogP contribution in [0.1, 0.15) is 6.92 Å². The molecule has 0 heterocycles. The Labute approximate surface area is 58.8 Å². The van der Waals surface area contributed by atoms with E-state index >= 15 is 0 Å². The topological polar surface area (TPSA) is 46.2 Å². The average Bonchev–Trinajstić information content (AvgIpc) is 1.33. The third kappa shape index (κ3) is 1200. The molecule has 0 saturated carbocycles. The van der Waals surface area contributed by atoms with Gasteiger partial charge in [-0.3, -0.25) is 0 Å². The summed E-state index contributed by atoms with van der Waals surface area (Å²) in [5, 5.41) is 8.44. The predicted molar refractivity (Wildman–Crippen MR) is 29.9 cm³/mol. The molecule has 3 N–H and O–H groups in total. The maximum atomic E-state index is 7.56. The summed E-state index contributed by atoms with van der Waals surface area (Å²) in [7, 11) is 0. The standard InChI is InChI=1S/C2H5.CH3NOS.Zn/c1-2;2-1(3)4;/h1H2,2H3;(H3,2,3,4);. The number of aliphatic hydroxyl groups excluding tert-OH is 1. The minimum atomic E-state index is -0.500. The number of hydrogen-bond acceptors (Lipinski definition) is 1. The molecule has 0 aliphatic carbocycles. The van der Waals surface area contributed by atoms with Crippen molar-refractivity contribution in [3.8, 4) is 0 Å². The third-order valence-electron chi connectivity index (χ3n) is 0. The van der Waals surface area contributed by atoms with Crippen LogP contribution in [0, 0.1) is 0 Å². The molecule has 0 amide bonds. The maximum Gasteiger partial charge on any atom is 0.251 e. The minimum Gasteiger partial charge on any atom is -0.487 e. The van der Waals surface area contributed by atoms with Gasteiger partial charge in [0.1, 0.15) is 0 Å². The van der Waals surface area contributed by atoms with E-state index in [1.54, 1.807) is 0 Å². The van der Waals surface area contributed by atoms with Crippen molar-refractivity contribution in [2.75, 3.05) is 0 Å². The van der Waals surface area contributed by atoms with Crippen LogP contribution in [0.25, 0.3) is 0 Å². The Hall–Kier alpha value is 0.313. The summed E-state index contributed by atoms with van der Waals surface area (Å²) in [6.07, 6.45) is 0. The summed E-state index contributed by atoms with van der Waals surface area (Å²) in [6, 6.07) is 0. The molecule has 0 atom stereocenters. The average molecular weight is 172 g/mol. The quantitative estimate of drug-likeness (QED) is 0.418. The van der Waals surface area contributed by atoms with E-state index in [9.17, 15) is 0 Å². The molecule has 0 bridgehead atoms. The molecule has 7 heavy (non-hydrogen) atoms. The van der Waals surface area contributed by atoms with Crippen molar-refractivity contribution in [2.45, 2.75) is 11.9 Å². The van der Waals surface area contributed by atoms with Crippen molar-refractivity contribution in [2.24, 2.45) is 5.73 Å². The zero-order valence-electron chi connectivity index (χ0n) is 4.35. The van der Waals surface area contributed by atoms with Crippen molar-refractivity contribution < 1.29 is 23.4 Å². The van der Waals surface area contributed by atoms with Gasteiger partial charge in [0.15, 0.2) is 0 Å². The van der Waals surface area contributed by atoms with Gasteiger partial charge in [-0.2, -0.15) is 0 Å². The molecule has 39 valence electrons. The van der Waals surface area contributed by atoms with Crippen LogP contribution in [0.4, 0.5) is 0 Å². The van der Waals surface area contributed by atoms with Crippen molar-refractivity contribution in [1.29, 1.82) is 0 Å². The molecule has 0 rings (SSSR count). The zero-order chi connectivity index (χ0) is 6.28. The smallest absolute Gasteiger partial charge is 0.251 e. The van der Waals surface area contributed by atoms with Gasteiger partial charge in [-0.25, -0.2) is 0 Å². The number of hydrogen-bond donors (Lipinski definition) is 2. The van der Waals surface area contributed by atoms with Crippen LogP contribution < -0.4 is 5.73 Å². The summed E-state index contributed by atoms with van der Waals surface area (Å²) in [4.78, 5) is 0. The van der Waals surface area contributed by atoms with E-state index < -0.39 is 5.17 Å². The minimum absolute atomic E-state index is 0.500. The Morgan fingerprint density at radius 1 is 2.00 bits per heavy atom. The third-order valence-corrected chi connectivity index (χ3v) is 0. The molecule has 0 aromatic carbocycles. The van der Waals surface area contributed by atoms with Crippen LogP contribution in [0.2, 0.25) is 5.02 Å². The first-order valence-electron chi connectivity index (χ1n) is 1.92. The maximum absolute atomic E-state index is 7.56. The van der Waals surface area contributed by atoms with E-state index in [1.165, 1.54) is 23.3 Å². The number of aliphatic hydroxyl groups is 1. The fraction of sp³-hybridized carbons (Fsp3) is 0.667. The largest absolute Gasteiger partial charge is 0.487 e. The molecule has 0 spiro atoms. The Bertz CT molecular complexity index is 46.2. The second kappa shape index (κ2) is 9.58. The first kappa shape index (κ1) is 10.3. The van der Waals surface area contributed by atoms with Gasteiger partial charge >= 0.3 is 30.2 Å². The van der Waals surface area contributed by atoms with Gasteiger partial charge in [0, 0.05) is 0 Å². The molecule has 0 fully saturated rings. The summed E-state index contributed by atoms with van der Waals surface area (Å²) in [5.41, 5.74) is 4.40. The van der Waals surface area contributed by atoms with Crippen LogP contribution >= 0.6 is 12.2 Å². The Kier molecular flexibility index (Phi) is 14.1. The van der Waals surface area contributed by atoms with Crippen LogP contribution in [0.15, 0.2) is 0 Å². The summed E-state index contributed by atoms with van der Waals surface area (Å²) >= 11 is 5.31. The van der Waals surface area contributed by atoms with E-state index in [0.717, 1.165) is 0 Å². The molecule has 0 saturated heterocycles. The molecule has 0 aromatic heterocycles. The van der Waals surface area contributed by atoms with E-state index in [1.807, 2.05) is 0 Å². The molecular weight excluding hydrogens is 163 g/mol. The second-order valence-corrected chi connectivity index (χ2v) is 3.35. The van der Waals surface area contributed by atoms with E-state index in [0.29, 0.717) is 0 Å². The first-order chi connectivity index (χ1) is 3.15. The molecular formula is C3H8NOSZn. The van der Waals surface area contributed by atoms with Gasteiger partial charge in [-0.05, 0) is 12.2 Å². The molecule has 0 radical (unpaired) electrons. The second-order valence-electron chi connectivity index (χ2n) is 0.838. The number of thiocarbonyl (C=S) groups is 1. The summed E-state index contributed by atoms with van der Waals surface area (Å²) in [5.74, 6) is 0. The van der Waals surface area contributed by atoms with Crippen LogP contribution in [-0.2, 0) is 18.3 Å². The van der Waals surface area contributed by atoms with Crippen LogP contribution in [0.5, 0.6) is 0 Å². The Morgan fingerprint density at radius 3 is 2.00 bits per heavy atom. The first-order valence-corrected chi connectivity index (χ1v) is 4.43. The van der Waals surface area contributed by atoms with Crippen molar-refractivity contribution in [1.82, 2.24) is 0 Å². The molecule has 0 unspecified atom stereocenters. The van der Waals surface area contributed by atoms with Gasteiger partial charge in [-0.1, -0.05) is 0 Å². The molecule has 2 nitrogen and oxygen atoms in total. The van der Waals surface area contributed by atoms with Gasteiger partial charge in [0.2, 0.25) is 0 Å². The molecule has 0 aliphatic rings. The predicted octanol–water partition coefficient (Wildman–Crippen LogP) is 0.759.